The van der Waals surface area contributed by atoms with Gasteiger partial charge in [0.05, 0.1) is 13.2 Å². The Morgan fingerprint density at radius 3 is 2.67 bits per heavy atom. The Balaban J connectivity index is 1.58. The summed E-state index contributed by atoms with van der Waals surface area (Å²) in [6.07, 6.45) is 4.82. The fourth-order valence-electron chi connectivity index (χ4n) is 4.43. The number of β-amino-alcohol motifs (C(OH)–C–C–N with tert-alkyl or cyclic N) is 1. The van der Waals surface area contributed by atoms with E-state index in [0.29, 0.717) is 30.4 Å². The van der Waals surface area contributed by atoms with Crippen molar-refractivity contribution in [3.8, 4) is 5.75 Å². The molecule has 1 aliphatic heterocycles. The maximum atomic E-state index is 13.3. The van der Waals surface area contributed by atoms with Crippen molar-refractivity contribution in [3.63, 3.8) is 0 Å². The van der Waals surface area contributed by atoms with E-state index >= 15 is 0 Å². The molecule has 1 aromatic rings. The Morgan fingerprint density at radius 1 is 1.26 bits per heavy atom. The lowest BCUT2D eigenvalue weighted by atomic mass is 9.71. The molecule has 0 aromatic heterocycles. The molecule has 0 radical (unpaired) electrons. The van der Waals surface area contributed by atoms with Gasteiger partial charge in [-0.15, -0.1) is 0 Å². The van der Waals surface area contributed by atoms with Gasteiger partial charge >= 0.3 is 0 Å². The zero-order valence-electron chi connectivity index (χ0n) is 16.9. The summed E-state index contributed by atoms with van der Waals surface area (Å²) in [6, 6.07) is 6.53. The first-order valence-electron chi connectivity index (χ1n) is 10.2. The summed E-state index contributed by atoms with van der Waals surface area (Å²) in [7, 11) is 0. The SMILES string of the molecule is CC(C)(C)C1CCC(N2CCOC[C@@](O)(COc3cccc(F)c3)C2)CC1. The molecule has 1 aromatic carbocycles. The van der Waals surface area contributed by atoms with Gasteiger partial charge in [-0.1, -0.05) is 26.8 Å². The molecular formula is C22H34FNO3. The van der Waals surface area contributed by atoms with Crippen molar-refractivity contribution >= 4 is 0 Å². The molecule has 1 atom stereocenters. The predicted molar refractivity (Wildman–Crippen MR) is 104 cm³/mol. The molecule has 4 nitrogen and oxygen atoms in total. The summed E-state index contributed by atoms with van der Waals surface area (Å²) in [5.74, 6) is 0.867. The van der Waals surface area contributed by atoms with Gasteiger partial charge < -0.3 is 14.6 Å². The van der Waals surface area contributed by atoms with Gasteiger partial charge in [-0.05, 0) is 49.1 Å². The largest absolute Gasteiger partial charge is 0.490 e. The molecule has 0 amide bonds. The third-order valence-electron chi connectivity index (χ3n) is 6.13. The number of aliphatic hydroxyl groups is 1. The molecule has 1 heterocycles. The lowest BCUT2D eigenvalue weighted by molar-refractivity contribution is -0.0691. The minimum Gasteiger partial charge on any atom is -0.490 e. The van der Waals surface area contributed by atoms with Crippen molar-refractivity contribution in [2.45, 2.75) is 58.1 Å². The van der Waals surface area contributed by atoms with Crippen LogP contribution in [0.1, 0.15) is 46.5 Å². The Labute approximate surface area is 162 Å². The molecule has 1 aliphatic carbocycles. The third kappa shape index (κ3) is 5.66. The van der Waals surface area contributed by atoms with E-state index in [1.807, 2.05) is 0 Å². The number of hydrogen-bond donors (Lipinski definition) is 1. The van der Waals surface area contributed by atoms with Crippen molar-refractivity contribution in [2.75, 3.05) is 32.9 Å². The van der Waals surface area contributed by atoms with Gasteiger partial charge in [-0.2, -0.15) is 0 Å². The molecule has 1 saturated carbocycles. The Bertz CT molecular complexity index is 610. The molecule has 0 spiro atoms. The maximum absolute atomic E-state index is 13.3. The average Bonchev–Trinajstić information content (AvgIpc) is 2.82. The van der Waals surface area contributed by atoms with Crippen LogP contribution in [-0.4, -0.2) is 54.6 Å². The van der Waals surface area contributed by atoms with Gasteiger partial charge in [0.15, 0.2) is 0 Å². The van der Waals surface area contributed by atoms with E-state index in [9.17, 15) is 9.50 Å². The van der Waals surface area contributed by atoms with Crippen molar-refractivity contribution in [3.05, 3.63) is 30.1 Å². The highest BCUT2D eigenvalue weighted by molar-refractivity contribution is 5.22. The van der Waals surface area contributed by atoms with Gasteiger partial charge in [0.1, 0.15) is 23.8 Å². The first-order chi connectivity index (χ1) is 12.8. The van der Waals surface area contributed by atoms with Crippen LogP contribution in [0.15, 0.2) is 24.3 Å². The summed E-state index contributed by atoms with van der Waals surface area (Å²) < 4.78 is 24.7. The minimum atomic E-state index is -1.08. The van der Waals surface area contributed by atoms with Crippen LogP contribution in [0.5, 0.6) is 5.75 Å². The number of halogens is 1. The zero-order chi connectivity index (χ0) is 19.5. The standard InChI is InChI=1S/C22H34FNO3/c1-21(2,3)17-7-9-19(10-8-17)24-11-12-26-15-22(25,14-24)16-27-20-6-4-5-18(23)13-20/h4-6,13,17,19,25H,7-12,14-16H2,1-3H3/t17?,19?,22-/m1/s1. The van der Waals surface area contributed by atoms with Crippen LogP contribution in [0.2, 0.25) is 0 Å². The normalized spacial score (nSPS) is 30.7. The Morgan fingerprint density at radius 2 is 2.00 bits per heavy atom. The Hall–Kier alpha value is -1.17. The second-order valence-corrected chi connectivity index (χ2v) is 9.36. The van der Waals surface area contributed by atoms with Gasteiger partial charge in [-0.3, -0.25) is 4.90 Å². The monoisotopic (exact) mass is 379 g/mol. The summed E-state index contributed by atoms with van der Waals surface area (Å²) in [5, 5.41) is 11.1. The van der Waals surface area contributed by atoms with Crippen molar-refractivity contribution in [2.24, 2.45) is 11.3 Å². The Kier molecular flexibility index (Phi) is 6.44. The van der Waals surface area contributed by atoms with E-state index in [0.717, 1.165) is 12.5 Å². The molecule has 3 rings (SSSR count). The molecule has 2 aliphatic rings. The van der Waals surface area contributed by atoms with Gasteiger partial charge in [0, 0.05) is 25.2 Å². The predicted octanol–water partition coefficient (Wildman–Crippen LogP) is 3.87. The van der Waals surface area contributed by atoms with E-state index in [1.54, 1.807) is 12.1 Å². The van der Waals surface area contributed by atoms with E-state index in [2.05, 4.69) is 25.7 Å². The van der Waals surface area contributed by atoms with Crippen LogP contribution in [0.25, 0.3) is 0 Å². The average molecular weight is 380 g/mol. The summed E-state index contributed by atoms with van der Waals surface area (Å²) in [5.41, 5.74) is -0.712. The highest BCUT2D eigenvalue weighted by Crippen LogP contribution is 2.39. The zero-order valence-corrected chi connectivity index (χ0v) is 16.9. The fraction of sp³-hybridized carbons (Fsp3) is 0.727. The summed E-state index contributed by atoms with van der Waals surface area (Å²) in [4.78, 5) is 2.38. The second-order valence-electron chi connectivity index (χ2n) is 9.36. The van der Waals surface area contributed by atoms with Crippen molar-refractivity contribution in [1.29, 1.82) is 0 Å². The van der Waals surface area contributed by atoms with Crippen LogP contribution < -0.4 is 4.74 Å². The molecule has 1 saturated heterocycles. The molecule has 5 heteroatoms. The second kappa shape index (κ2) is 8.46. The molecule has 1 N–H and O–H groups in total. The number of benzene rings is 1. The lowest BCUT2D eigenvalue weighted by Gasteiger charge is -2.42. The van der Waals surface area contributed by atoms with Crippen LogP contribution >= 0.6 is 0 Å². The third-order valence-corrected chi connectivity index (χ3v) is 6.13. The van der Waals surface area contributed by atoms with Crippen molar-refractivity contribution < 1.29 is 19.0 Å². The van der Waals surface area contributed by atoms with E-state index in [-0.39, 0.29) is 19.0 Å². The number of nitrogens with zero attached hydrogens (tertiary/aromatic N) is 1. The number of ether oxygens (including phenoxy) is 2. The van der Waals surface area contributed by atoms with Gasteiger partial charge in [-0.25, -0.2) is 4.39 Å². The van der Waals surface area contributed by atoms with Crippen LogP contribution in [0.4, 0.5) is 4.39 Å². The minimum absolute atomic E-state index is 0.101. The highest BCUT2D eigenvalue weighted by Gasteiger charge is 2.38. The summed E-state index contributed by atoms with van der Waals surface area (Å²) >= 11 is 0. The van der Waals surface area contributed by atoms with Crippen LogP contribution in [0.3, 0.4) is 0 Å². The first-order valence-corrected chi connectivity index (χ1v) is 10.2. The lowest BCUT2D eigenvalue weighted by Crippen LogP contribution is -2.52. The van der Waals surface area contributed by atoms with Crippen LogP contribution in [0, 0.1) is 17.2 Å². The molecule has 0 bridgehead atoms. The first kappa shape index (κ1) is 20.6. The smallest absolute Gasteiger partial charge is 0.134 e. The van der Waals surface area contributed by atoms with Crippen molar-refractivity contribution in [1.82, 2.24) is 4.90 Å². The topological polar surface area (TPSA) is 41.9 Å². The molecule has 2 fully saturated rings. The van der Waals surface area contributed by atoms with E-state index < -0.39 is 5.60 Å². The number of rotatable bonds is 4. The molecular weight excluding hydrogens is 345 g/mol. The maximum Gasteiger partial charge on any atom is 0.134 e. The molecule has 27 heavy (non-hydrogen) atoms. The van der Waals surface area contributed by atoms with Crippen LogP contribution in [-0.2, 0) is 4.74 Å². The van der Waals surface area contributed by atoms with Gasteiger partial charge in [0.25, 0.3) is 0 Å². The molecule has 152 valence electrons. The van der Waals surface area contributed by atoms with E-state index in [4.69, 9.17) is 9.47 Å². The highest BCUT2D eigenvalue weighted by atomic mass is 19.1. The number of hydrogen-bond acceptors (Lipinski definition) is 4. The van der Waals surface area contributed by atoms with Gasteiger partial charge in [0.2, 0.25) is 0 Å². The fourth-order valence-corrected chi connectivity index (χ4v) is 4.43. The van der Waals surface area contributed by atoms with E-state index in [1.165, 1.54) is 37.8 Å². The quantitative estimate of drug-likeness (QED) is 0.862. The molecule has 0 unspecified atom stereocenters. The summed E-state index contributed by atoms with van der Waals surface area (Å²) in [6.45, 7) is 9.35.